The molecule has 1 aliphatic carbocycles. The van der Waals surface area contributed by atoms with Gasteiger partial charge in [0, 0.05) is 23.7 Å². The molecule has 0 atom stereocenters. The number of hydrogen-bond acceptors (Lipinski definition) is 5. The average Bonchev–Trinajstić information content (AvgIpc) is 3.12. The van der Waals surface area contributed by atoms with Crippen molar-refractivity contribution in [3.05, 3.63) is 46.6 Å². The van der Waals surface area contributed by atoms with Gasteiger partial charge in [-0.3, -0.25) is 4.79 Å². The number of allylic oxidation sites excluding steroid dienone is 2. The van der Waals surface area contributed by atoms with E-state index in [0.717, 1.165) is 27.1 Å². The number of anilines is 2. The molecule has 1 aliphatic rings. The third-order valence-corrected chi connectivity index (χ3v) is 5.62. The van der Waals surface area contributed by atoms with Crippen LogP contribution >= 0.6 is 11.3 Å². The summed E-state index contributed by atoms with van der Waals surface area (Å²) < 4.78 is 0. The highest BCUT2D eigenvalue weighted by Crippen LogP contribution is 2.35. The van der Waals surface area contributed by atoms with Crippen LogP contribution in [0, 0.1) is 0 Å². The van der Waals surface area contributed by atoms with Gasteiger partial charge in [-0.2, -0.15) is 0 Å². The Bertz CT molecular complexity index is 735. The van der Waals surface area contributed by atoms with Crippen molar-refractivity contribution in [2.45, 2.75) is 51.4 Å². The van der Waals surface area contributed by atoms with Gasteiger partial charge in [0.25, 0.3) is 0 Å². The second-order valence-corrected chi connectivity index (χ2v) is 7.32. The van der Waals surface area contributed by atoms with Crippen LogP contribution in [0.25, 0.3) is 0 Å². The van der Waals surface area contributed by atoms with E-state index in [1.165, 1.54) is 32.1 Å². The Morgan fingerprint density at radius 2 is 2.04 bits per heavy atom. The molecule has 5 nitrogen and oxygen atoms in total. The highest BCUT2D eigenvalue weighted by Gasteiger charge is 2.19. The fraction of sp³-hybridized carbons (Fsp3) is 0.421. The molecule has 3 rings (SSSR count). The third kappa shape index (κ3) is 4.66. The van der Waals surface area contributed by atoms with Crippen molar-refractivity contribution < 1.29 is 4.79 Å². The zero-order valence-electron chi connectivity index (χ0n) is 14.5. The summed E-state index contributed by atoms with van der Waals surface area (Å²) in [5.41, 5.74) is 2.94. The molecule has 2 aromatic rings. The van der Waals surface area contributed by atoms with E-state index in [1.807, 2.05) is 37.3 Å². The summed E-state index contributed by atoms with van der Waals surface area (Å²) in [6.07, 6.45) is 9.86. The second-order valence-electron chi connectivity index (χ2n) is 6.32. The molecule has 0 saturated heterocycles. The number of carbonyl (C=O) groups excluding carboxylic acids is 1. The van der Waals surface area contributed by atoms with Crippen molar-refractivity contribution in [2.75, 3.05) is 10.6 Å². The Morgan fingerprint density at radius 3 is 2.80 bits per heavy atom. The van der Waals surface area contributed by atoms with Crippen LogP contribution in [0.4, 0.5) is 10.8 Å². The van der Waals surface area contributed by atoms with E-state index in [1.54, 1.807) is 11.3 Å². The molecular formula is C19H24N4OS. The normalized spacial score (nSPS) is 15.8. The zero-order valence-corrected chi connectivity index (χ0v) is 15.3. The Hall–Kier alpha value is -2.21. The summed E-state index contributed by atoms with van der Waals surface area (Å²) in [7, 11) is 0. The molecule has 1 aromatic heterocycles. The summed E-state index contributed by atoms with van der Waals surface area (Å²) >= 11 is 1.66. The van der Waals surface area contributed by atoms with Gasteiger partial charge >= 0.3 is 0 Å². The number of rotatable bonds is 7. The minimum Gasteiger partial charge on any atom is -0.334 e. The number of para-hydroxylation sites is 1. The molecule has 0 unspecified atom stereocenters. The van der Waals surface area contributed by atoms with E-state index >= 15 is 0 Å². The van der Waals surface area contributed by atoms with Crippen LogP contribution in [0.5, 0.6) is 0 Å². The van der Waals surface area contributed by atoms with Gasteiger partial charge in [-0.1, -0.05) is 54.9 Å². The maximum atomic E-state index is 10.8. The average molecular weight is 356 g/mol. The van der Waals surface area contributed by atoms with Crippen molar-refractivity contribution in [1.29, 1.82) is 0 Å². The van der Waals surface area contributed by atoms with Crippen LogP contribution < -0.4 is 10.6 Å². The summed E-state index contributed by atoms with van der Waals surface area (Å²) in [6.45, 7) is 2.00. The number of benzene rings is 1. The van der Waals surface area contributed by atoms with Gasteiger partial charge in [-0.05, 0) is 31.4 Å². The van der Waals surface area contributed by atoms with Gasteiger partial charge in [0.1, 0.15) is 5.01 Å². The molecule has 1 heterocycles. The number of nitrogens with one attached hydrogen (secondary N) is 2. The summed E-state index contributed by atoms with van der Waals surface area (Å²) in [5, 5.41) is 16.9. The quantitative estimate of drug-likeness (QED) is 0.705. The standard InChI is InChI=1S/C19H24N4OS/c1-2-16(12-15-10-6-7-11-17(15)20-13-24)21-19-23-22-18(25-19)14-8-4-3-5-9-14/h2,6-7,10-11,13-14H,3-5,8-9,12H2,1H3,(H,20,24)(H,21,23)/b16-2-. The lowest BCUT2D eigenvalue weighted by atomic mass is 9.90. The first-order valence-corrected chi connectivity index (χ1v) is 9.65. The Kier molecular flexibility index (Phi) is 6.17. The molecule has 132 valence electrons. The predicted octanol–water partition coefficient (Wildman–Crippen LogP) is 4.71. The Balaban J connectivity index is 1.67. The lowest BCUT2D eigenvalue weighted by Crippen LogP contribution is -2.05. The van der Waals surface area contributed by atoms with Crippen LogP contribution in [-0.2, 0) is 11.2 Å². The van der Waals surface area contributed by atoms with E-state index in [0.29, 0.717) is 18.7 Å². The topological polar surface area (TPSA) is 66.9 Å². The van der Waals surface area contributed by atoms with Crippen molar-refractivity contribution in [1.82, 2.24) is 10.2 Å². The number of carbonyl (C=O) groups is 1. The predicted molar refractivity (Wildman–Crippen MR) is 103 cm³/mol. The molecule has 0 aliphatic heterocycles. The number of amides is 1. The van der Waals surface area contributed by atoms with E-state index in [4.69, 9.17) is 0 Å². The van der Waals surface area contributed by atoms with Gasteiger partial charge in [-0.15, -0.1) is 10.2 Å². The van der Waals surface area contributed by atoms with Crippen molar-refractivity contribution in [3.8, 4) is 0 Å². The molecular weight excluding hydrogens is 332 g/mol. The van der Waals surface area contributed by atoms with Crippen molar-refractivity contribution in [3.63, 3.8) is 0 Å². The van der Waals surface area contributed by atoms with Gasteiger partial charge in [0.15, 0.2) is 0 Å². The van der Waals surface area contributed by atoms with E-state index < -0.39 is 0 Å². The largest absolute Gasteiger partial charge is 0.334 e. The van der Waals surface area contributed by atoms with Crippen LogP contribution in [-0.4, -0.2) is 16.6 Å². The highest BCUT2D eigenvalue weighted by molar-refractivity contribution is 7.15. The second kappa shape index (κ2) is 8.76. The number of aromatic nitrogens is 2. The minimum absolute atomic E-state index is 0.577. The van der Waals surface area contributed by atoms with Crippen LogP contribution in [0.3, 0.4) is 0 Å². The zero-order chi connectivity index (χ0) is 17.5. The molecule has 0 spiro atoms. The maximum Gasteiger partial charge on any atom is 0.211 e. The molecule has 0 radical (unpaired) electrons. The van der Waals surface area contributed by atoms with Crippen LogP contribution in [0.2, 0.25) is 0 Å². The summed E-state index contributed by atoms with van der Waals surface area (Å²) in [5.74, 6) is 0.577. The first kappa shape index (κ1) is 17.6. The number of nitrogens with zero attached hydrogens (tertiary/aromatic N) is 2. The van der Waals surface area contributed by atoms with Gasteiger partial charge < -0.3 is 10.6 Å². The molecule has 25 heavy (non-hydrogen) atoms. The van der Waals surface area contributed by atoms with Crippen LogP contribution in [0.1, 0.15) is 55.5 Å². The minimum atomic E-state index is 0.577. The van der Waals surface area contributed by atoms with Crippen LogP contribution in [0.15, 0.2) is 36.0 Å². The molecule has 1 saturated carbocycles. The van der Waals surface area contributed by atoms with E-state index in [9.17, 15) is 4.79 Å². The fourth-order valence-corrected chi connectivity index (χ4v) is 4.19. The first-order chi connectivity index (χ1) is 12.3. The lowest BCUT2D eigenvalue weighted by Gasteiger charge is -2.18. The fourth-order valence-electron chi connectivity index (χ4n) is 3.24. The smallest absolute Gasteiger partial charge is 0.211 e. The third-order valence-electron chi connectivity index (χ3n) is 4.62. The monoisotopic (exact) mass is 356 g/mol. The van der Waals surface area contributed by atoms with Crippen molar-refractivity contribution >= 4 is 28.6 Å². The van der Waals surface area contributed by atoms with Gasteiger partial charge in [0.2, 0.25) is 11.5 Å². The van der Waals surface area contributed by atoms with E-state index in [2.05, 4.69) is 20.8 Å². The molecule has 1 aromatic carbocycles. The molecule has 6 heteroatoms. The van der Waals surface area contributed by atoms with Gasteiger partial charge in [0.05, 0.1) is 0 Å². The molecule has 0 bridgehead atoms. The summed E-state index contributed by atoms with van der Waals surface area (Å²) in [4.78, 5) is 10.8. The first-order valence-electron chi connectivity index (χ1n) is 8.84. The Morgan fingerprint density at radius 1 is 1.24 bits per heavy atom. The SMILES string of the molecule is C/C=C(/Cc1ccccc1NC=O)Nc1nnc(C2CCCCC2)s1. The lowest BCUT2D eigenvalue weighted by molar-refractivity contribution is -0.105. The van der Waals surface area contributed by atoms with E-state index in [-0.39, 0.29) is 0 Å². The highest BCUT2D eigenvalue weighted by atomic mass is 32.1. The number of hydrogen-bond donors (Lipinski definition) is 2. The molecule has 1 fully saturated rings. The van der Waals surface area contributed by atoms with Crippen molar-refractivity contribution in [2.24, 2.45) is 0 Å². The molecule has 2 N–H and O–H groups in total. The van der Waals surface area contributed by atoms with Gasteiger partial charge in [-0.25, -0.2) is 0 Å². The molecule has 1 amide bonds. The Labute approximate surface area is 152 Å². The summed E-state index contributed by atoms with van der Waals surface area (Å²) in [6, 6.07) is 7.82. The maximum absolute atomic E-state index is 10.8.